The molecule has 1 heterocycles. The number of oxime groups is 1. The molecule has 0 aliphatic heterocycles. The summed E-state index contributed by atoms with van der Waals surface area (Å²) in [7, 11) is 1.36. The van der Waals surface area contributed by atoms with Gasteiger partial charge in [0.15, 0.2) is 0 Å². The average Bonchev–Trinajstić information content (AvgIpc) is 3.03. The Bertz CT molecular complexity index is 980. The van der Waals surface area contributed by atoms with Crippen LogP contribution in [0.5, 0.6) is 6.08 Å². The van der Waals surface area contributed by atoms with Crippen LogP contribution in [-0.4, -0.2) is 22.6 Å². The van der Waals surface area contributed by atoms with Crippen LogP contribution in [0.4, 0.5) is 0 Å². The third kappa shape index (κ3) is 3.94. The quantitative estimate of drug-likeness (QED) is 0.488. The summed E-state index contributed by atoms with van der Waals surface area (Å²) in [5, 5.41) is 8.37. The number of rotatable bonds is 6. The summed E-state index contributed by atoms with van der Waals surface area (Å²) < 4.78 is 10.7. The third-order valence-corrected chi connectivity index (χ3v) is 3.89. The van der Waals surface area contributed by atoms with Gasteiger partial charge in [0.1, 0.15) is 6.61 Å². The summed E-state index contributed by atoms with van der Waals surface area (Å²) in [5.41, 5.74) is 2.73. The van der Waals surface area contributed by atoms with Gasteiger partial charge >= 0.3 is 11.8 Å². The smallest absolute Gasteiger partial charge is 0.444 e. The summed E-state index contributed by atoms with van der Waals surface area (Å²) in [5.74, 6) is -0.698. The summed E-state index contributed by atoms with van der Waals surface area (Å²) in [6.07, 6.45) is -0.145. The molecule has 1 aromatic heterocycles. The van der Waals surface area contributed by atoms with Crippen LogP contribution < -0.4 is 10.5 Å². The van der Waals surface area contributed by atoms with Crippen LogP contribution in [0.2, 0.25) is 5.02 Å². The van der Waals surface area contributed by atoms with Gasteiger partial charge in [-0.25, -0.2) is 4.79 Å². The second-order valence-corrected chi connectivity index (χ2v) is 5.76. The SMILES string of the molecule is COc1nn(-c2cc(C(C)=NOCc3ccccc3)ccc2Cl)c(=O)o1. The van der Waals surface area contributed by atoms with Gasteiger partial charge in [-0.2, -0.15) is 4.68 Å². The Morgan fingerprint density at radius 2 is 2.04 bits per heavy atom. The number of halogens is 1. The molecule has 7 nitrogen and oxygen atoms in total. The Kier molecular flexibility index (Phi) is 5.38. The van der Waals surface area contributed by atoms with E-state index in [1.807, 2.05) is 30.3 Å². The van der Waals surface area contributed by atoms with E-state index in [1.165, 1.54) is 7.11 Å². The van der Waals surface area contributed by atoms with Crippen LogP contribution in [0.15, 0.2) is 62.9 Å². The molecular formula is C18H16ClN3O4. The van der Waals surface area contributed by atoms with Crippen LogP contribution in [-0.2, 0) is 11.4 Å². The van der Waals surface area contributed by atoms with E-state index in [1.54, 1.807) is 25.1 Å². The molecule has 0 unspecified atom stereocenters. The van der Waals surface area contributed by atoms with Crippen molar-refractivity contribution in [3.05, 3.63) is 75.2 Å². The highest BCUT2D eigenvalue weighted by atomic mass is 35.5. The minimum Gasteiger partial charge on any atom is -0.452 e. The topological polar surface area (TPSA) is 78.9 Å². The van der Waals surface area contributed by atoms with Gasteiger partial charge in [0.05, 0.1) is 23.5 Å². The summed E-state index contributed by atoms with van der Waals surface area (Å²) in [6, 6.07) is 14.8. The van der Waals surface area contributed by atoms with E-state index < -0.39 is 5.76 Å². The number of benzene rings is 2. The molecule has 0 radical (unpaired) electrons. The summed E-state index contributed by atoms with van der Waals surface area (Å²) in [4.78, 5) is 17.3. The van der Waals surface area contributed by atoms with E-state index >= 15 is 0 Å². The van der Waals surface area contributed by atoms with Crippen molar-refractivity contribution in [1.82, 2.24) is 9.78 Å². The van der Waals surface area contributed by atoms with Gasteiger partial charge in [-0.3, -0.25) is 0 Å². The summed E-state index contributed by atoms with van der Waals surface area (Å²) >= 11 is 6.19. The van der Waals surface area contributed by atoms with Gasteiger partial charge in [-0.1, -0.05) is 58.3 Å². The molecule has 2 aromatic carbocycles. The van der Waals surface area contributed by atoms with Crippen molar-refractivity contribution in [3.8, 4) is 11.8 Å². The van der Waals surface area contributed by atoms with Gasteiger partial charge in [-0.15, -0.1) is 0 Å². The predicted octanol–water partition coefficient (Wildman–Crippen LogP) is 3.43. The average molecular weight is 374 g/mol. The number of nitrogens with zero attached hydrogens (tertiary/aromatic N) is 3. The van der Waals surface area contributed by atoms with Crippen LogP contribution >= 0.6 is 11.6 Å². The Balaban J connectivity index is 1.83. The molecule has 0 saturated carbocycles. The molecule has 134 valence electrons. The molecule has 0 spiro atoms. The highest BCUT2D eigenvalue weighted by molar-refractivity contribution is 6.32. The van der Waals surface area contributed by atoms with E-state index in [4.69, 9.17) is 25.6 Å². The van der Waals surface area contributed by atoms with E-state index in [2.05, 4.69) is 10.3 Å². The lowest BCUT2D eigenvalue weighted by Gasteiger charge is -2.06. The Labute approximate surface area is 154 Å². The van der Waals surface area contributed by atoms with Crippen LogP contribution in [0.25, 0.3) is 5.69 Å². The van der Waals surface area contributed by atoms with Gasteiger partial charge in [-0.05, 0) is 24.6 Å². The zero-order chi connectivity index (χ0) is 18.5. The fourth-order valence-corrected chi connectivity index (χ4v) is 2.42. The molecule has 0 N–H and O–H groups in total. The maximum absolute atomic E-state index is 11.9. The first-order valence-electron chi connectivity index (χ1n) is 7.73. The Morgan fingerprint density at radius 1 is 1.27 bits per heavy atom. The van der Waals surface area contributed by atoms with Crippen molar-refractivity contribution in [2.24, 2.45) is 5.16 Å². The third-order valence-electron chi connectivity index (χ3n) is 3.57. The molecular weight excluding hydrogens is 358 g/mol. The fraction of sp³-hybridized carbons (Fsp3) is 0.167. The predicted molar refractivity (Wildman–Crippen MR) is 97.1 cm³/mol. The second-order valence-electron chi connectivity index (χ2n) is 5.35. The Hall–Kier alpha value is -3.06. The van der Waals surface area contributed by atoms with E-state index in [9.17, 15) is 4.79 Å². The molecule has 0 fully saturated rings. The lowest BCUT2D eigenvalue weighted by atomic mass is 10.1. The molecule has 3 aromatic rings. The van der Waals surface area contributed by atoms with Gasteiger partial charge in [0.2, 0.25) is 0 Å². The zero-order valence-electron chi connectivity index (χ0n) is 14.2. The zero-order valence-corrected chi connectivity index (χ0v) is 14.9. The van der Waals surface area contributed by atoms with Crippen molar-refractivity contribution < 1.29 is 14.0 Å². The summed E-state index contributed by atoms with van der Waals surface area (Å²) in [6.45, 7) is 2.16. The molecule has 3 rings (SSSR count). The molecule has 0 aliphatic rings. The molecule has 0 saturated heterocycles. The molecule has 0 aliphatic carbocycles. The van der Waals surface area contributed by atoms with E-state index in [-0.39, 0.29) is 6.08 Å². The van der Waals surface area contributed by atoms with Gasteiger partial charge in [0.25, 0.3) is 0 Å². The van der Waals surface area contributed by atoms with Crippen LogP contribution in [0.3, 0.4) is 0 Å². The lowest BCUT2D eigenvalue weighted by Crippen LogP contribution is -2.14. The van der Waals surface area contributed by atoms with Crippen molar-refractivity contribution in [2.45, 2.75) is 13.5 Å². The number of hydrogen-bond acceptors (Lipinski definition) is 6. The molecule has 26 heavy (non-hydrogen) atoms. The molecule has 0 bridgehead atoms. The monoisotopic (exact) mass is 373 g/mol. The number of ether oxygens (including phenoxy) is 1. The van der Waals surface area contributed by atoms with E-state index in [0.29, 0.717) is 23.0 Å². The highest BCUT2D eigenvalue weighted by Crippen LogP contribution is 2.21. The van der Waals surface area contributed by atoms with Gasteiger partial charge < -0.3 is 14.0 Å². The first-order chi connectivity index (χ1) is 12.6. The number of aromatic nitrogens is 2. The first kappa shape index (κ1) is 17.8. The normalized spacial score (nSPS) is 11.4. The van der Waals surface area contributed by atoms with Crippen LogP contribution in [0, 0.1) is 0 Å². The number of hydrogen-bond donors (Lipinski definition) is 0. The maximum Gasteiger partial charge on any atom is 0.444 e. The first-order valence-corrected chi connectivity index (χ1v) is 8.11. The maximum atomic E-state index is 11.9. The van der Waals surface area contributed by atoms with Crippen molar-refractivity contribution >= 4 is 17.3 Å². The van der Waals surface area contributed by atoms with Crippen molar-refractivity contribution in [3.63, 3.8) is 0 Å². The van der Waals surface area contributed by atoms with Gasteiger partial charge in [0, 0.05) is 5.56 Å². The second kappa shape index (κ2) is 7.88. The van der Waals surface area contributed by atoms with Crippen LogP contribution in [0.1, 0.15) is 18.1 Å². The minimum atomic E-state index is -0.698. The standard InChI is InChI=1S/C18H16ClN3O4/c1-12(21-25-11-13-6-4-3-5-7-13)14-8-9-15(19)16(10-14)22-18(23)26-17(20-22)24-2/h3-10H,11H2,1-2H3. The molecule has 0 atom stereocenters. The van der Waals surface area contributed by atoms with Crippen molar-refractivity contribution in [1.29, 1.82) is 0 Å². The minimum absolute atomic E-state index is 0.145. The largest absolute Gasteiger partial charge is 0.452 e. The Morgan fingerprint density at radius 3 is 2.73 bits per heavy atom. The number of methoxy groups -OCH3 is 1. The highest BCUT2D eigenvalue weighted by Gasteiger charge is 2.14. The molecule has 8 heteroatoms. The fourth-order valence-electron chi connectivity index (χ4n) is 2.23. The lowest BCUT2D eigenvalue weighted by molar-refractivity contribution is 0.130. The molecule has 0 amide bonds. The van der Waals surface area contributed by atoms with Crippen molar-refractivity contribution in [2.75, 3.05) is 7.11 Å². The van der Waals surface area contributed by atoms with E-state index in [0.717, 1.165) is 15.8 Å².